The van der Waals surface area contributed by atoms with E-state index in [4.69, 9.17) is 14.2 Å². The van der Waals surface area contributed by atoms with Gasteiger partial charge in [0, 0.05) is 19.3 Å². The van der Waals surface area contributed by atoms with Crippen molar-refractivity contribution in [2.45, 2.75) is 276 Å². The van der Waals surface area contributed by atoms with Crippen molar-refractivity contribution in [2.24, 2.45) is 0 Å². The van der Waals surface area contributed by atoms with Crippen LogP contribution < -0.4 is 5.11 Å². The summed E-state index contributed by atoms with van der Waals surface area (Å²) in [6.45, 7) is 4.71. The van der Waals surface area contributed by atoms with E-state index in [2.05, 4.69) is 26.0 Å². The first-order chi connectivity index (χ1) is 30.1. The SMILES string of the molecule is CCCCCCCC/C=C\CCCCCCCCCC(=O)OC(COCCC(C(=O)[O-])[N+](C)(C)C)COC(=O)CCCCCCCCCCCCCCCCCCCCCCC. The van der Waals surface area contributed by atoms with Crippen molar-refractivity contribution in [2.75, 3.05) is 41.0 Å². The maximum Gasteiger partial charge on any atom is 0.306 e. The maximum atomic E-state index is 12.8. The average molecular weight is 878 g/mol. The molecule has 0 aliphatic heterocycles. The quantitative estimate of drug-likeness (QED) is 0.0260. The molecule has 0 aromatic heterocycles. The Morgan fingerprint density at radius 3 is 1.16 bits per heavy atom. The van der Waals surface area contributed by atoms with Crippen molar-refractivity contribution >= 4 is 17.9 Å². The molecule has 0 aromatic carbocycles. The molecule has 0 saturated carbocycles. The van der Waals surface area contributed by atoms with Crippen molar-refractivity contribution in [1.82, 2.24) is 0 Å². The Kier molecular flexibility index (Phi) is 44.2. The number of ether oxygens (including phenoxy) is 3. The second-order valence-corrected chi connectivity index (χ2v) is 19.5. The monoisotopic (exact) mass is 878 g/mol. The van der Waals surface area contributed by atoms with Gasteiger partial charge >= 0.3 is 11.9 Å². The number of quaternary nitrogens is 1. The van der Waals surface area contributed by atoms with Crippen molar-refractivity contribution in [3.05, 3.63) is 12.2 Å². The van der Waals surface area contributed by atoms with E-state index in [0.717, 1.165) is 38.5 Å². The molecule has 0 radical (unpaired) electrons. The lowest BCUT2D eigenvalue weighted by Crippen LogP contribution is -2.55. The highest BCUT2D eigenvalue weighted by Gasteiger charge is 2.25. The van der Waals surface area contributed by atoms with Gasteiger partial charge in [-0.05, 0) is 38.5 Å². The zero-order valence-corrected chi connectivity index (χ0v) is 41.8. The van der Waals surface area contributed by atoms with Crippen LogP contribution in [-0.2, 0) is 28.6 Å². The van der Waals surface area contributed by atoms with Crippen LogP contribution >= 0.6 is 0 Å². The first kappa shape index (κ1) is 60.1. The molecule has 2 atom stereocenters. The summed E-state index contributed by atoms with van der Waals surface area (Å²) in [6.07, 6.45) is 51.0. The number of rotatable bonds is 49. The Balaban J connectivity index is 4.17. The Hall–Kier alpha value is -1.93. The summed E-state index contributed by atoms with van der Waals surface area (Å²) >= 11 is 0. The molecule has 0 heterocycles. The smallest absolute Gasteiger partial charge is 0.306 e. The Bertz CT molecular complexity index is 1020. The van der Waals surface area contributed by atoms with Gasteiger partial charge in [-0.3, -0.25) is 9.59 Å². The minimum absolute atomic E-state index is 0.0452. The molecule has 0 N–H and O–H groups in total. The van der Waals surface area contributed by atoms with Crippen molar-refractivity contribution < 1.29 is 38.2 Å². The largest absolute Gasteiger partial charge is 0.544 e. The van der Waals surface area contributed by atoms with Gasteiger partial charge < -0.3 is 28.6 Å². The number of hydrogen-bond donors (Lipinski definition) is 0. The molecule has 0 aliphatic rings. The molecular formula is C54H103NO7. The predicted octanol–water partition coefficient (Wildman–Crippen LogP) is 14.1. The molecular weight excluding hydrogens is 775 g/mol. The van der Waals surface area contributed by atoms with Gasteiger partial charge in [0.1, 0.15) is 12.6 Å². The van der Waals surface area contributed by atoms with Gasteiger partial charge in [0.2, 0.25) is 0 Å². The molecule has 0 aromatic rings. The summed E-state index contributed by atoms with van der Waals surface area (Å²) in [5.74, 6) is -1.72. The van der Waals surface area contributed by atoms with Crippen LogP contribution in [0.2, 0.25) is 0 Å². The molecule has 0 bridgehead atoms. The van der Waals surface area contributed by atoms with E-state index in [9.17, 15) is 19.5 Å². The minimum Gasteiger partial charge on any atom is -0.544 e. The molecule has 366 valence electrons. The van der Waals surface area contributed by atoms with E-state index in [1.807, 2.05) is 21.1 Å². The molecule has 0 saturated heterocycles. The normalized spacial score (nSPS) is 12.9. The van der Waals surface area contributed by atoms with Gasteiger partial charge in [-0.1, -0.05) is 219 Å². The second-order valence-electron chi connectivity index (χ2n) is 19.5. The van der Waals surface area contributed by atoms with Crippen LogP contribution in [0.15, 0.2) is 12.2 Å². The molecule has 2 unspecified atom stereocenters. The first-order valence-corrected chi connectivity index (χ1v) is 26.7. The Labute approximate surface area is 384 Å². The number of carbonyl (C=O) groups excluding carboxylic acids is 3. The minimum atomic E-state index is -1.12. The Morgan fingerprint density at radius 2 is 0.806 bits per heavy atom. The fraction of sp³-hybridized carbons (Fsp3) is 0.907. The fourth-order valence-corrected chi connectivity index (χ4v) is 8.25. The lowest BCUT2D eigenvalue weighted by Gasteiger charge is -2.34. The van der Waals surface area contributed by atoms with Gasteiger partial charge in [0.15, 0.2) is 6.10 Å². The number of carboxylic acid groups (broad SMARTS) is 1. The number of esters is 2. The third-order valence-electron chi connectivity index (χ3n) is 12.4. The summed E-state index contributed by atoms with van der Waals surface area (Å²) < 4.78 is 17.3. The number of carboxylic acids is 1. The van der Waals surface area contributed by atoms with Crippen molar-refractivity contribution in [1.29, 1.82) is 0 Å². The Morgan fingerprint density at radius 1 is 0.468 bits per heavy atom. The third-order valence-corrected chi connectivity index (χ3v) is 12.4. The van der Waals surface area contributed by atoms with E-state index in [1.165, 1.54) is 193 Å². The summed E-state index contributed by atoms with van der Waals surface area (Å²) in [4.78, 5) is 37.0. The van der Waals surface area contributed by atoms with Gasteiger partial charge in [0.05, 0.1) is 40.3 Å². The fourth-order valence-electron chi connectivity index (χ4n) is 8.25. The first-order valence-electron chi connectivity index (χ1n) is 26.7. The average Bonchev–Trinajstić information content (AvgIpc) is 3.23. The topological polar surface area (TPSA) is 102 Å². The van der Waals surface area contributed by atoms with Crippen LogP contribution in [0.1, 0.15) is 264 Å². The van der Waals surface area contributed by atoms with Gasteiger partial charge in [0.25, 0.3) is 0 Å². The standard InChI is InChI=1S/C54H103NO7/c1-6-8-10-12-14-16-18-20-22-24-25-26-27-29-30-32-34-36-38-40-42-44-52(56)61-49-50(48-60-47-46-51(54(58)59)55(3,4)5)62-53(57)45-43-41-39-37-35-33-31-28-23-21-19-17-15-13-11-9-7-2/h21,23,50-51H,6-20,22,24-49H2,1-5H3/b23-21-. The second kappa shape index (κ2) is 45.6. The van der Waals surface area contributed by atoms with E-state index in [-0.39, 0.29) is 42.7 Å². The number of likely N-dealkylation sites (N-methyl/N-ethyl adjacent to an activating group) is 1. The van der Waals surface area contributed by atoms with E-state index in [0.29, 0.717) is 12.8 Å². The molecule has 0 spiro atoms. The molecule has 0 amide bonds. The predicted molar refractivity (Wildman–Crippen MR) is 259 cm³/mol. The van der Waals surface area contributed by atoms with Crippen molar-refractivity contribution in [3.63, 3.8) is 0 Å². The third kappa shape index (κ3) is 43.3. The highest BCUT2D eigenvalue weighted by molar-refractivity contribution is 5.70. The van der Waals surface area contributed by atoms with Crippen molar-refractivity contribution in [3.8, 4) is 0 Å². The van der Waals surface area contributed by atoms with Crippen LogP contribution in [0.5, 0.6) is 0 Å². The summed E-state index contributed by atoms with van der Waals surface area (Å²) in [7, 11) is 5.43. The van der Waals surface area contributed by atoms with E-state index >= 15 is 0 Å². The number of carbonyl (C=O) groups is 3. The van der Waals surface area contributed by atoms with Gasteiger partial charge in [-0.2, -0.15) is 0 Å². The van der Waals surface area contributed by atoms with Gasteiger partial charge in [-0.15, -0.1) is 0 Å². The zero-order chi connectivity index (χ0) is 45.6. The molecule has 8 heteroatoms. The van der Waals surface area contributed by atoms with E-state index in [1.54, 1.807) is 0 Å². The highest BCUT2D eigenvalue weighted by atomic mass is 16.6. The number of unbranched alkanes of at least 4 members (excludes halogenated alkanes) is 33. The lowest BCUT2D eigenvalue weighted by molar-refractivity contribution is -0.889. The van der Waals surface area contributed by atoms with Crippen LogP contribution in [0.4, 0.5) is 0 Å². The number of aliphatic carboxylic acids is 1. The summed E-state index contributed by atoms with van der Waals surface area (Å²) in [6, 6.07) is -0.723. The maximum absolute atomic E-state index is 12.8. The van der Waals surface area contributed by atoms with Crippen LogP contribution in [-0.4, -0.2) is 75.5 Å². The molecule has 62 heavy (non-hydrogen) atoms. The summed E-state index contributed by atoms with van der Waals surface area (Å²) in [5.41, 5.74) is 0. The molecule has 0 fully saturated rings. The zero-order valence-electron chi connectivity index (χ0n) is 41.8. The number of hydrogen-bond acceptors (Lipinski definition) is 7. The molecule has 0 aliphatic carbocycles. The number of nitrogens with zero attached hydrogens (tertiary/aromatic N) is 1. The van der Waals surface area contributed by atoms with Crippen LogP contribution in [0, 0.1) is 0 Å². The van der Waals surface area contributed by atoms with Crippen LogP contribution in [0.25, 0.3) is 0 Å². The van der Waals surface area contributed by atoms with Gasteiger partial charge in [-0.25, -0.2) is 0 Å². The number of allylic oxidation sites excluding steroid dienone is 2. The summed E-state index contributed by atoms with van der Waals surface area (Å²) in [5, 5.41) is 11.7. The van der Waals surface area contributed by atoms with Crippen LogP contribution in [0.3, 0.4) is 0 Å². The molecule has 0 rings (SSSR count). The van der Waals surface area contributed by atoms with E-state index < -0.39 is 18.1 Å². The molecule has 8 nitrogen and oxygen atoms in total. The lowest BCUT2D eigenvalue weighted by atomic mass is 10.0. The highest BCUT2D eigenvalue weighted by Crippen LogP contribution is 2.17.